The Bertz CT molecular complexity index is 597. The third-order valence-corrected chi connectivity index (χ3v) is 3.19. The molecule has 2 aromatic carbocycles. The summed E-state index contributed by atoms with van der Waals surface area (Å²) in [7, 11) is 1.37. The molecule has 0 aliphatic heterocycles. The summed E-state index contributed by atoms with van der Waals surface area (Å²) < 4.78 is 4.87. The SMILES string of the molecule is COC(=O)C(Nc1cccc(C)c1N)c1ccccc1. The average molecular weight is 270 g/mol. The zero-order valence-corrected chi connectivity index (χ0v) is 11.6. The molecule has 4 nitrogen and oxygen atoms in total. The molecular formula is C16H18N2O2. The first-order chi connectivity index (χ1) is 9.63. The number of ether oxygens (including phenoxy) is 1. The summed E-state index contributed by atoms with van der Waals surface area (Å²) in [5.41, 5.74) is 9.20. The summed E-state index contributed by atoms with van der Waals surface area (Å²) in [5.74, 6) is -0.350. The predicted octanol–water partition coefficient (Wildman–Crippen LogP) is 2.90. The Balaban J connectivity index is 2.34. The fraction of sp³-hybridized carbons (Fsp3) is 0.188. The number of anilines is 2. The number of carbonyl (C=O) groups excluding carboxylic acids is 1. The van der Waals surface area contributed by atoms with Crippen molar-refractivity contribution >= 4 is 17.3 Å². The van der Waals surface area contributed by atoms with Crippen LogP contribution in [0.25, 0.3) is 0 Å². The number of nitrogens with one attached hydrogen (secondary N) is 1. The van der Waals surface area contributed by atoms with Crippen LogP contribution in [0.4, 0.5) is 11.4 Å². The summed E-state index contributed by atoms with van der Waals surface area (Å²) in [4.78, 5) is 12.0. The normalized spacial score (nSPS) is 11.7. The highest BCUT2D eigenvalue weighted by molar-refractivity contribution is 5.83. The van der Waals surface area contributed by atoms with Crippen LogP contribution < -0.4 is 11.1 Å². The number of nitrogen functional groups attached to an aromatic ring is 1. The summed E-state index contributed by atoms with van der Waals surface area (Å²) >= 11 is 0. The Morgan fingerprint density at radius 2 is 1.85 bits per heavy atom. The van der Waals surface area contributed by atoms with Crippen molar-refractivity contribution in [2.45, 2.75) is 13.0 Å². The highest BCUT2D eigenvalue weighted by atomic mass is 16.5. The molecule has 2 aromatic rings. The van der Waals surface area contributed by atoms with E-state index in [1.807, 2.05) is 55.5 Å². The van der Waals surface area contributed by atoms with Gasteiger partial charge in [0.1, 0.15) is 0 Å². The van der Waals surface area contributed by atoms with Gasteiger partial charge in [-0.05, 0) is 24.1 Å². The summed E-state index contributed by atoms with van der Waals surface area (Å²) in [6, 6.07) is 14.5. The van der Waals surface area contributed by atoms with Crippen LogP contribution in [0.5, 0.6) is 0 Å². The van der Waals surface area contributed by atoms with Crippen molar-refractivity contribution in [1.82, 2.24) is 0 Å². The van der Waals surface area contributed by atoms with Gasteiger partial charge in [-0.1, -0.05) is 42.5 Å². The van der Waals surface area contributed by atoms with Crippen molar-refractivity contribution in [2.24, 2.45) is 0 Å². The zero-order chi connectivity index (χ0) is 14.5. The van der Waals surface area contributed by atoms with E-state index in [9.17, 15) is 4.79 Å². The lowest BCUT2D eigenvalue weighted by Gasteiger charge is -2.19. The number of esters is 1. The molecule has 20 heavy (non-hydrogen) atoms. The molecule has 0 aliphatic carbocycles. The first-order valence-electron chi connectivity index (χ1n) is 6.38. The van der Waals surface area contributed by atoms with Crippen LogP contribution in [0.3, 0.4) is 0 Å². The minimum absolute atomic E-state index is 0.350. The summed E-state index contributed by atoms with van der Waals surface area (Å²) in [6.07, 6.45) is 0. The molecule has 4 heteroatoms. The molecule has 0 fully saturated rings. The van der Waals surface area contributed by atoms with E-state index in [4.69, 9.17) is 10.5 Å². The molecule has 0 radical (unpaired) electrons. The number of nitrogens with two attached hydrogens (primary N) is 1. The highest BCUT2D eigenvalue weighted by Gasteiger charge is 2.21. The molecular weight excluding hydrogens is 252 g/mol. The highest BCUT2D eigenvalue weighted by Crippen LogP contribution is 2.27. The summed E-state index contributed by atoms with van der Waals surface area (Å²) in [5, 5.41) is 3.16. The molecule has 0 saturated heterocycles. The molecule has 1 unspecified atom stereocenters. The molecule has 0 aromatic heterocycles. The second-order valence-electron chi connectivity index (χ2n) is 4.55. The number of hydrogen-bond acceptors (Lipinski definition) is 4. The minimum Gasteiger partial charge on any atom is -0.467 e. The molecule has 104 valence electrons. The maximum atomic E-state index is 12.0. The fourth-order valence-electron chi connectivity index (χ4n) is 2.00. The van der Waals surface area contributed by atoms with Crippen LogP contribution in [0.15, 0.2) is 48.5 Å². The van der Waals surface area contributed by atoms with Crippen LogP contribution in [-0.4, -0.2) is 13.1 Å². The quantitative estimate of drug-likeness (QED) is 0.662. The number of benzene rings is 2. The maximum Gasteiger partial charge on any atom is 0.332 e. The van der Waals surface area contributed by atoms with E-state index >= 15 is 0 Å². The number of carbonyl (C=O) groups is 1. The Labute approximate surface area is 118 Å². The summed E-state index contributed by atoms with van der Waals surface area (Å²) in [6.45, 7) is 1.93. The van der Waals surface area contributed by atoms with Gasteiger partial charge in [0.05, 0.1) is 18.5 Å². The van der Waals surface area contributed by atoms with Gasteiger partial charge in [-0.15, -0.1) is 0 Å². The molecule has 0 aliphatic rings. The largest absolute Gasteiger partial charge is 0.467 e. The molecule has 0 spiro atoms. The molecule has 2 rings (SSSR count). The topological polar surface area (TPSA) is 64.3 Å². The van der Waals surface area contributed by atoms with E-state index in [1.54, 1.807) is 0 Å². The van der Waals surface area contributed by atoms with Crippen LogP contribution >= 0.6 is 0 Å². The smallest absolute Gasteiger partial charge is 0.332 e. The predicted molar refractivity (Wildman–Crippen MR) is 80.4 cm³/mol. The average Bonchev–Trinajstić information content (AvgIpc) is 2.49. The van der Waals surface area contributed by atoms with Crippen LogP contribution in [0, 0.1) is 6.92 Å². The molecule has 0 saturated carbocycles. The number of hydrogen-bond donors (Lipinski definition) is 2. The Morgan fingerprint density at radius 3 is 2.50 bits per heavy atom. The van der Waals surface area contributed by atoms with E-state index in [-0.39, 0.29) is 5.97 Å². The van der Waals surface area contributed by atoms with Gasteiger partial charge >= 0.3 is 5.97 Å². The Hall–Kier alpha value is -2.49. The van der Waals surface area contributed by atoms with Gasteiger partial charge in [0, 0.05) is 0 Å². The molecule has 0 amide bonds. The third kappa shape index (κ3) is 2.91. The van der Waals surface area contributed by atoms with E-state index in [1.165, 1.54) is 7.11 Å². The van der Waals surface area contributed by atoms with E-state index in [0.717, 1.165) is 16.8 Å². The van der Waals surface area contributed by atoms with Crippen molar-refractivity contribution in [3.8, 4) is 0 Å². The Morgan fingerprint density at radius 1 is 1.15 bits per heavy atom. The first kappa shape index (κ1) is 13.9. The zero-order valence-electron chi connectivity index (χ0n) is 11.6. The van der Waals surface area contributed by atoms with E-state index in [2.05, 4.69) is 5.32 Å². The number of aryl methyl sites for hydroxylation is 1. The fourth-order valence-corrected chi connectivity index (χ4v) is 2.00. The van der Waals surface area contributed by atoms with Crippen molar-refractivity contribution in [1.29, 1.82) is 0 Å². The van der Waals surface area contributed by atoms with Gasteiger partial charge in [0.25, 0.3) is 0 Å². The lowest BCUT2D eigenvalue weighted by atomic mass is 10.1. The number of rotatable bonds is 4. The van der Waals surface area contributed by atoms with Crippen molar-refractivity contribution < 1.29 is 9.53 Å². The number of para-hydroxylation sites is 1. The second kappa shape index (κ2) is 6.10. The standard InChI is InChI=1S/C16H18N2O2/c1-11-7-6-10-13(14(11)17)18-15(16(19)20-2)12-8-4-3-5-9-12/h3-10,15,18H,17H2,1-2H3. The van der Waals surface area contributed by atoms with Gasteiger partial charge in [0.15, 0.2) is 6.04 Å². The van der Waals surface area contributed by atoms with Gasteiger partial charge in [-0.2, -0.15) is 0 Å². The van der Waals surface area contributed by atoms with Crippen molar-refractivity contribution in [3.63, 3.8) is 0 Å². The number of methoxy groups -OCH3 is 1. The third-order valence-electron chi connectivity index (χ3n) is 3.19. The molecule has 0 heterocycles. The van der Waals surface area contributed by atoms with Crippen LogP contribution in [0.1, 0.15) is 17.2 Å². The second-order valence-corrected chi connectivity index (χ2v) is 4.55. The van der Waals surface area contributed by atoms with Gasteiger partial charge in [-0.3, -0.25) is 0 Å². The van der Waals surface area contributed by atoms with Gasteiger partial charge in [-0.25, -0.2) is 4.79 Å². The monoisotopic (exact) mass is 270 g/mol. The molecule has 0 bridgehead atoms. The minimum atomic E-state index is -0.578. The van der Waals surface area contributed by atoms with Crippen LogP contribution in [-0.2, 0) is 9.53 Å². The van der Waals surface area contributed by atoms with Gasteiger partial charge in [0.2, 0.25) is 0 Å². The van der Waals surface area contributed by atoms with E-state index < -0.39 is 6.04 Å². The lowest BCUT2D eigenvalue weighted by Crippen LogP contribution is -2.22. The van der Waals surface area contributed by atoms with Gasteiger partial charge < -0.3 is 15.8 Å². The van der Waals surface area contributed by atoms with E-state index in [0.29, 0.717) is 5.69 Å². The van der Waals surface area contributed by atoms with Crippen molar-refractivity contribution in [2.75, 3.05) is 18.2 Å². The van der Waals surface area contributed by atoms with Crippen LogP contribution in [0.2, 0.25) is 0 Å². The Kier molecular flexibility index (Phi) is 4.25. The lowest BCUT2D eigenvalue weighted by molar-refractivity contribution is -0.141. The first-order valence-corrected chi connectivity index (χ1v) is 6.38. The maximum absolute atomic E-state index is 12.0. The van der Waals surface area contributed by atoms with Crippen molar-refractivity contribution in [3.05, 3.63) is 59.7 Å². The molecule has 3 N–H and O–H groups in total. The molecule has 1 atom stereocenters.